The predicted molar refractivity (Wildman–Crippen MR) is 103 cm³/mol. The first-order valence-corrected chi connectivity index (χ1v) is 8.82. The molecule has 0 saturated heterocycles. The Bertz CT molecular complexity index is 863. The zero-order valence-corrected chi connectivity index (χ0v) is 16.1. The van der Waals surface area contributed by atoms with E-state index >= 15 is 0 Å². The zero-order valence-electron chi connectivity index (χ0n) is 15.3. The third-order valence-corrected chi connectivity index (χ3v) is 4.70. The van der Waals surface area contributed by atoms with Gasteiger partial charge in [-0.3, -0.25) is 19.1 Å². The van der Waals surface area contributed by atoms with E-state index in [1.165, 1.54) is 10.9 Å². The molecule has 0 aromatic carbocycles. The molecule has 3 rings (SSSR count). The fourth-order valence-corrected chi connectivity index (χ4v) is 3.10. The average molecular weight is 417 g/mol. The molecule has 0 aliphatic heterocycles. The molecule has 2 heterocycles. The van der Waals surface area contributed by atoms with Crippen LogP contribution in [0.25, 0.3) is 11.2 Å². The van der Waals surface area contributed by atoms with E-state index in [1.54, 1.807) is 0 Å². The van der Waals surface area contributed by atoms with E-state index in [2.05, 4.69) is 15.0 Å². The molecule has 0 radical (unpaired) electrons. The number of aromatic amines is 1. The van der Waals surface area contributed by atoms with Gasteiger partial charge in [-0.2, -0.15) is 4.98 Å². The normalized spacial score (nSPS) is 17.1. The number of imidazole rings is 1. The highest BCUT2D eigenvalue weighted by Crippen LogP contribution is 2.27. The lowest BCUT2D eigenvalue weighted by Crippen LogP contribution is -2.51. The van der Waals surface area contributed by atoms with Crippen LogP contribution in [0.1, 0.15) is 32.1 Å². The minimum Gasteiger partial charge on any atom is -0.461 e. The number of nitrogens with zero attached hydrogens (tertiary/aromatic N) is 3. The van der Waals surface area contributed by atoms with Crippen molar-refractivity contribution in [1.82, 2.24) is 19.5 Å². The monoisotopic (exact) mass is 416 g/mol. The topological polar surface area (TPSA) is 171 Å². The van der Waals surface area contributed by atoms with E-state index < -0.39 is 23.2 Å². The SMILES string of the molecule is Cl.Nc1nc2c(ncn2CO[C@H](CO)COC(=O)C2(N)CCCCC2)c(=O)[nH]1. The summed E-state index contributed by atoms with van der Waals surface area (Å²) in [5.41, 5.74) is 10.6. The van der Waals surface area contributed by atoms with Crippen molar-refractivity contribution in [2.24, 2.45) is 5.73 Å². The number of ether oxygens (including phenoxy) is 2. The van der Waals surface area contributed by atoms with Crippen LogP contribution in [0.3, 0.4) is 0 Å². The first kappa shape index (κ1) is 22.1. The smallest absolute Gasteiger partial charge is 0.326 e. The van der Waals surface area contributed by atoms with E-state index in [0.717, 1.165) is 19.3 Å². The summed E-state index contributed by atoms with van der Waals surface area (Å²) in [5, 5.41) is 9.48. The molecule has 1 atom stereocenters. The van der Waals surface area contributed by atoms with Crippen LogP contribution >= 0.6 is 12.4 Å². The number of nitrogen functional groups attached to an aromatic ring is 1. The fraction of sp³-hybridized carbons (Fsp3) is 0.625. The maximum Gasteiger partial charge on any atom is 0.326 e. The van der Waals surface area contributed by atoms with Gasteiger partial charge in [0.05, 0.1) is 12.9 Å². The van der Waals surface area contributed by atoms with Crippen molar-refractivity contribution in [3.05, 3.63) is 16.7 Å². The molecule has 0 bridgehead atoms. The van der Waals surface area contributed by atoms with Gasteiger partial charge < -0.3 is 26.0 Å². The van der Waals surface area contributed by atoms with Gasteiger partial charge in [-0.1, -0.05) is 19.3 Å². The Kier molecular flexibility index (Phi) is 7.35. The second-order valence-electron chi connectivity index (χ2n) is 6.75. The van der Waals surface area contributed by atoms with Gasteiger partial charge in [-0.05, 0) is 12.8 Å². The number of aromatic nitrogens is 4. The van der Waals surface area contributed by atoms with Crippen molar-refractivity contribution in [2.45, 2.75) is 50.5 Å². The molecule has 2 aromatic heterocycles. The average Bonchev–Trinajstić information content (AvgIpc) is 3.05. The molecule has 156 valence electrons. The zero-order chi connectivity index (χ0) is 19.4. The molecule has 28 heavy (non-hydrogen) atoms. The Balaban J connectivity index is 0.00000280. The lowest BCUT2D eigenvalue weighted by atomic mass is 9.83. The van der Waals surface area contributed by atoms with E-state index in [-0.39, 0.29) is 49.5 Å². The maximum atomic E-state index is 12.3. The Hall–Kier alpha value is -2.21. The Labute approximate surface area is 166 Å². The summed E-state index contributed by atoms with van der Waals surface area (Å²) < 4.78 is 12.3. The summed E-state index contributed by atoms with van der Waals surface area (Å²) in [5.74, 6) is -0.513. The van der Waals surface area contributed by atoms with Gasteiger partial charge >= 0.3 is 5.97 Å². The molecule has 1 aliphatic carbocycles. The van der Waals surface area contributed by atoms with Gasteiger partial charge in [0.25, 0.3) is 5.56 Å². The number of carbonyl (C=O) groups excluding carboxylic acids is 1. The number of anilines is 1. The highest BCUT2D eigenvalue weighted by molar-refractivity contribution is 5.85. The number of esters is 1. The third kappa shape index (κ3) is 4.79. The molecule has 6 N–H and O–H groups in total. The van der Waals surface area contributed by atoms with Gasteiger partial charge in [-0.25, -0.2) is 4.98 Å². The number of aliphatic hydroxyl groups is 1. The van der Waals surface area contributed by atoms with Crippen molar-refractivity contribution in [3.8, 4) is 0 Å². The highest BCUT2D eigenvalue weighted by atomic mass is 35.5. The number of aliphatic hydroxyl groups excluding tert-OH is 1. The number of rotatable bonds is 7. The van der Waals surface area contributed by atoms with E-state index in [1.807, 2.05) is 0 Å². The summed E-state index contributed by atoms with van der Waals surface area (Å²) >= 11 is 0. The first-order valence-electron chi connectivity index (χ1n) is 8.82. The van der Waals surface area contributed by atoms with Crippen LogP contribution in [0.4, 0.5) is 5.95 Å². The Morgan fingerprint density at radius 1 is 1.39 bits per heavy atom. The summed E-state index contributed by atoms with van der Waals surface area (Å²) in [7, 11) is 0. The molecule has 2 aromatic rings. The quantitative estimate of drug-likeness (QED) is 0.440. The molecule has 0 spiro atoms. The second kappa shape index (κ2) is 9.32. The lowest BCUT2D eigenvalue weighted by Gasteiger charge is -2.31. The summed E-state index contributed by atoms with van der Waals surface area (Å²) in [6.45, 7) is -0.534. The van der Waals surface area contributed by atoms with Crippen molar-refractivity contribution >= 4 is 35.5 Å². The number of nitrogens with two attached hydrogens (primary N) is 2. The van der Waals surface area contributed by atoms with Crippen LogP contribution < -0.4 is 17.0 Å². The third-order valence-electron chi connectivity index (χ3n) is 4.70. The van der Waals surface area contributed by atoms with Crippen molar-refractivity contribution in [3.63, 3.8) is 0 Å². The van der Waals surface area contributed by atoms with Crippen LogP contribution in [0.15, 0.2) is 11.1 Å². The number of H-pyrrole nitrogens is 1. The van der Waals surface area contributed by atoms with Gasteiger partial charge in [0.2, 0.25) is 5.95 Å². The van der Waals surface area contributed by atoms with Crippen LogP contribution in [0.5, 0.6) is 0 Å². The number of halogens is 1. The first-order chi connectivity index (χ1) is 12.9. The van der Waals surface area contributed by atoms with E-state index in [4.69, 9.17) is 20.9 Å². The van der Waals surface area contributed by atoms with Crippen LogP contribution in [-0.4, -0.2) is 55.5 Å². The van der Waals surface area contributed by atoms with Gasteiger partial charge in [0, 0.05) is 0 Å². The van der Waals surface area contributed by atoms with Crippen molar-refractivity contribution < 1.29 is 19.4 Å². The van der Waals surface area contributed by atoms with Gasteiger partial charge in [-0.15, -0.1) is 12.4 Å². The summed E-state index contributed by atoms with van der Waals surface area (Å²) in [6.07, 6.45) is 4.68. The largest absolute Gasteiger partial charge is 0.461 e. The number of hydrogen-bond donors (Lipinski definition) is 4. The van der Waals surface area contributed by atoms with Crippen LogP contribution in [0, 0.1) is 0 Å². The molecule has 0 unspecified atom stereocenters. The number of hydrogen-bond acceptors (Lipinski definition) is 9. The predicted octanol–water partition coefficient (Wildman–Crippen LogP) is -0.337. The van der Waals surface area contributed by atoms with Crippen molar-refractivity contribution in [2.75, 3.05) is 18.9 Å². The minimum atomic E-state index is -0.957. The number of nitrogens with one attached hydrogen (secondary N) is 1. The number of fused-ring (bicyclic) bond motifs is 1. The fourth-order valence-electron chi connectivity index (χ4n) is 3.10. The Morgan fingerprint density at radius 2 is 2.11 bits per heavy atom. The molecular formula is C16H25ClN6O5. The highest BCUT2D eigenvalue weighted by Gasteiger charge is 2.37. The lowest BCUT2D eigenvalue weighted by molar-refractivity contribution is -0.158. The maximum absolute atomic E-state index is 12.3. The van der Waals surface area contributed by atoms with E-state index in [0.29, 0.717) is 12.8 Å². The molecule has 1 saturated carbocycles. The standard InChI is InChI=1S/C16H24N6O5.ClH/c17-15-20-12-11(13(24)21-15)19-8-22(12)9-27-10(6-23)7-26-14(25)16(18)4-2-1-3-5-16;/h8,10,23H,1-7,9,18H2,(H3,17,20,21,24);1H/t10-;/m1./s1. The second-order valence-corrected chi connectivity index (χ2v) is 6.75. The van der Waals surface area contributed by atoms with Crippen LogP contribution in [0.2, 0.25) is 0 Å². The molecule has 1 aliphatic rings. The van der Waals surface area contributed by atoms with Crippen LogP contribution in [-0.2, 0) is 21.0 Å². The molecule has 12 heteroatoms. The molecule has 11 nitrogen and oxygen atoms in total. The van der Waals surface area contributed by atoms with Gasteiger partial charge in [0.15, 0.2) is 11.2 Å². The van der Waals surface area contributed by atoms with E-state index in [9.17, 15) is 14.7 Å². The van der Waals surface area contributed by atoms with Crippen molar-refractivity contribution in [1.29, 1.82) is 0 Å². The number of carbonyl (C=O) groups is 1. The molecule has 0 amide bonds. The Morgan fingerprint density at radius 3 is 2.79 bits per heavy atom. The summed E-state index contributed by atoms with van der Waals surface area (Å²) in [6, 6.07) is 0. The minimum absolute atomic E-state index is 0. The molecule has 1 fully saturated rings. The van der Waals surface area contributed by atoms with Gasteiger partial charge in [0.1, 0.15) is 25.0 Å². The summed E-state index contributed by atoms with van der Waals surface area (Å²) in [4.78, 5) is 34.4. The molecular weight excluding hydrogens is 392 g/mol.